The number of carbonyl (C=O) groups excluding carboxylic acids is 3. The lowest BCUT2D eigenvalue weighted by Gasteiger charge is -2.33. The van der Waals surface area contributed by atoms with Crippen LogP contribution in [0.1, 0.15) is 58.4 Å². The number of aryl methyl sites for hydroxylation is 1. The monoisotopic (exact) mass is 416 g/mol. The maximum Gasteiger partial charge on any atom is 0.326 e. The fraction of sp³-hybridized carbons (Fsp3) is 0.609. The van der Waals surface area contributed by atoms with Gasteiger partial charge < -0.3 is 14.8 Å². The van der Waals surface area contributed by atoms with E-state index in [0.717, 1.165) is 31.2 Å². The van der Waals surface area contributed by atoms with Crippen LogP contribution in [0.3, 0.4) is 0 Å². The molecule has 1 aromatic rings. The summed E-state index contributed by atoms with van der Waals surface area (Å²) in [6.45, 7) is 6.99. The Kier molecular flexibility index (Phi) is 7.00. The molecule has 1 aliphatic carbocycles. The summed E-state index contributed by atoms with van der Waals surface area (Å²) >= 11 is 0. The van der Waals surface area contributed by atoms with E-state index in [1.165, 1.54) is 11.3 Å². The molecule has 1 saturated carbocycles. The van der Waals surface area contributed by atoms with Crippen molar-refractivity contribution in [3.05, 3.63) is 23.8 Å². The maximum absolute atomic E-state index is 12.8. The van der Waals surface area contributed by atoms with Gasteiger partial charge in [-0.3, -0.25) is 19.3 Å². The highest BCUT2D eigenvalue weighted by Gasteiger charge is 2.35. The van der Waals surface area contributed by atoms with Crippen LogP contribution in [-0.4, -0.2) is 42.6 Å². The molecule has 0 saturated heterocycles. The number of carbonyl (C=O) groups is 3. The fourth-order valence-corrected chi connectivity index (χ4v) is 4.01. The number of fused-ring (bicyclic) bond motifs is 1. The highest BCUT2D eigenvalue weighted by molar-refractivity contribution is 6.03. The number of nitrogens with one attached hydrogen (secondary N) is 1. The third kappa shape index (κ3) is 5.12. The van der Waals surface area contributed by atoms with E-state index in [-0.39, 0.29) is 30.3 Å². The summed E-state index contributed by atoms with van der Waals surface area (Å²) in [5.74, 6) is -0.800. The van der Waals surface area contributed by atoms with Crippen molar-refractivity contribution in [2.45, 2.75) is 78.0 Å². The van der Waals surface area contributed by atoms with Gasteiger partial charge in [-0.15, -0.1) is 0 Å². The second-order valence-electron chi connectivity index (χ2n) is 8.65. The third-order valence-electron chi connectivity index (χ3n) is 5.68. The summed E-state index contributed by atoms with van der Waals surface area (Å²) in [7, 11) is 0. The van der Waals surface area contributed by atoms with Crippen molar-refractivity contribution in [1.82, 2.24) is 5.32 Å². The molecule has 1 aromatic carbocycles. The summed E-state index contributed by atoms with van der Waals surface area (Å²) in [6, 6.07) is 5.63. The van der Waals surface area contributed by atoms with Gasteiger partial charge in [-0.05, 0) is 50.3 Å². The maximum atomic E-state index is 12.8. The molecular weight excluding hydrogens is 384 g/mol. The number of hydrogen-bond donors (Lipinski definition) is 1. The SMILES string of the molecule is Cc1ccc2c(c1)N(CC(=O)O[C@@H](C(=O)NC1CCCCC1)C(C)C)C(=O)[C@@H](C)O2. The number of ether oxygens (including phenoxy) is 2. The zero-order chi connectivity index (χ0) is 21.8. The van der Waals surface area contributed by atoms with Crippen molar-refractivity contribution in [2.75, 3.05) is 11.4 Å². The van der Waals surface area contributed by atoms with Gasteiger partial charge in [0.1, 0.15) is 12.3 Å². The van der Waals surface area contributed by atoms with E-state index in [1.54, 1.807) is 13.0 Å². The molecule has 164 valence electrons. The summed E-state index contributed by atoms with van der Waals surface area (Å²) in [5.41, 5.74) is 1.49. The normalized spacial score (nSPS) is 20.4. The molecule has 0 unspecified atom stereocenters. The molecule has 0 bridgehead atoms. The zero-order valence-corrected chi connectivity index (χ0v) is 18.3. The van der Waals surface area contributed by atoms with Crippen molar-refractivity contribution in [3.8, 4) is 5.75 Å². The largest absolute Gasteiger partial charge is 0.479 e. The molecule has 2 atom stereocenters. The minimum absolute atomic E-state index is 0.141. The third-order valence-corrected chi connectivity index (χ3v) is 5.68. The van der Waals surface area contributed by atoms with Crippen LogP contribution in [0.25, 0.3) is 0 Å². The van der Waals surface area contributed by atoms with Gasteiger partial charge in [0.2, 0.25) is 0 Å². The molecule has 1 aliphatic heterocycles. The van der Waals surface area contributed by atoms with Gasteiger partial charge >= 0.3 is 5.97 Å². The lowest BCUT2D eigenvalue weighted by Crippen LogP contribution is -2.49. The van der Waals surface area contributed by atoms with Gasteiger partial charge in [0.15, 0.2) is 12.2 Å². The summed E-state index contributed by atoms with van der Waals surface area (Å²) in [6.07, 6.45) is 3.75. The first-order valence-corrected chi connectivity index (χ1v) is 10.8. The Morgan fingerprint density at radius 3 is 2.60 bits per heavy atom. The van der Waals surface area contributed by atoms with Gasteiger partial charge in [-0.25, -0.2) is 0 Å². The number of esters is 1. The summed E-state index contributed by atoms with van der Waals surface area (Å²) < 4.78 is 11.2. The topological polar surface area (TPSA) is 84.9 Å². The van der Waals surface area contributed by atoms with E-state index in [2.05, 4.69) is 5.32 Å². The van der Waals surface area contributed by atoms with Gasteiger partial charge in [-0.1, -0.05) is 39.2 Å². The minimum Gasteiger partial charge on any atom is -0.479 e. The molecule has 3 rings (SSSR count). The molecule has 1 heterocycles. The van der Waals surface area contributed by atoms with Crippen molar-refractivity contribution < 1.29 is 23.9 Å². The zero-order valence-electron chi connectivity index (χ0n) is 18.3. The number of rotatable bonds is 6. The van der Waals surface area contributed by atoms with Gasteiger partial charge in [-0.2, -0.15) is 0 Å². The van der Waals surface area contributed by atoms with Crippen LogP contribution in [0, 0.1) is 12.8 Å². The van der Waals surface area contributed by atoms with E-state index in [9.17, 15) is 14.4 Å². The molecule has 30 heavy (non-hydrogen) atoms. The van der Waals surface area contributed by atoms with Crippen LogP contribution in [0.15, 0.2) is 18.2 Å². The highest BCUT2D eigenvalue weighted by atomic mass is 16.5. The van der Waals surface area contributed by atoms with Crippen molar-refractivity contribution in [3.63, 3.8) is 0 Å². The number of nitrogens with zero attached hydrogens (tertiary/aromatic N) is 1. The highest BCUT2D eigenvalue weighted by Crippen LogP contribution is 2.34. The van der Waals surface area contributed by atoms with Crippen LogP contribution in [-0.2, 0) is 19.1 Å². The number of amides is 2. The Bertz CT molecular complexity index is 801. The van der Waals surface area contributed by atoms with Crippen LogP contribution < -0.4 is 15.0 Å². The molecule has 2 aliphatic rings. The Balaban J connectivity index is 1.68. The van der Waals surface area contributed by atoms with Crippen LogP contribution in [0.2, 0.25) is 0 Å². The molecule has 7 heteroatoms. The van der Waals surface area contributed by atoms with Gasteiger partial charge in [0.05, 0.1) is 5.69 Å². The van der Waals surface area contributed by atoms with Gasteiger partial charge in [0.25, 0.3) is 11.8 Å². The molecule has 0 radical (unpaired) electrons. The lowest BCUT2D eigenvalue weighted by atomic mass is 9.95. The predicted octanol–water partition coefficient (Wildman–Crippen LogP) is 3.13. The van der Waals surface area contributed by atoms with Crippen molar-refractivity contribution in [2.24, 2.45) is 5.92 Å². The van der Waals surface area contributed by atoms with Crippen molar-refractivity contribution >= 4 is 23.5 Å². The number of benzene rings is 1. The van der Waals surface area contributed by atoms with Crippen LogP contribution in [0.5, 0.6) is 5.75 Å². The van der Waals surface area contributed by atoms with Crippen molar-refractivity contribution in [1.29, 1.82) is 0 Å². The lowest BCUT2D eigenvalue weighted by molar-refractivity contribution is -0.158. The molecule has 2 amide bonds. The Morgan fingerprint density at radius 2 is 1.93 bits per heavy atom. The fourth-order valence-electron chi connectivity index (χ4n) is 4.01. The molecule has 7 nitrogen and oxygen atoms in total. The predicted molar refractivity (Wildman–Crippen MR) is 113 cm³/mol. The first kappa shape index (κ1) is 22.1. The van der Waals surface area contributed by atoms with Crippen LogP contribution >= 0.6 is 0 Å². The van der Waals surface area contributed by atoms with E-state index < -0.39 is 18.2 Å². The Labute approximate surface area is 178 Å². The molecule has 0 aromatic heterocycles. The first-order valence-electron chi connectivity index (χ1n) is 10.8. The second-order valence-corrected chi connectivity index (χ2v) is 8.65. The Hall–Kier alpha value is -2.57. The molecular formula is C23H32N2O5. The summed E-state index contributed by atoms with van der Waals surface area (Å²) in [5, 5.41) is 3.03. The average molecular weight is 417 g/mol. The van der Waals surface area contributed by atoms with E-state index in [0.29, 0.717) is 11.4 Å². The Morgan fingerprint density at radius 1 is 1.23 bits per heavy atom. The molecule has 1 fully saturated rings. The quantitative estimate of drug-likeness (QED) is 0.720. The molecule has 0 spiro atoms. The van der Waals surface area contributed by atoms with E-state index >= 15 is 0 Å². The summed E-state index contributed by atoms with van der Waals surface area (Å²) in [4.78, 5) is 39.5. The first-order chi connectivity index (χ1) is 14.3. The standard InChI is InChI=1S/C23H32N2O5/c1-14(2)21(22(27)24-17-8-6-5-7-9-17)30-20(26)13-25-18-12-15(3)10-11-19(18)29-16(4)23(25)28/h10-12,14,16-17,21H,5-9,13H2,1-4H3,(H,24,27)/t16-,21-/m1/s1. The average Bonchev–Trinajstić information content (AvgIpc) is 2.70. The second kappa shape index (κ2) is 9.49. The van der Waals surface area contributed by atoms with E-state index in [1.807, 2.05) is 32.9 Å². The van der Waals surface area contributed by atoms with Gasteiger partial charge in [0, 0.05) is 6.04 Å². The number of anilines is 1. The smallest absolute Gasteiger partial charge is 0.326 e. The van der Waals surface area contributed by atoms with Crippen LogP contribution in [0.4, 0.5) is 5.69 Å². The minimum atomic E-state index is -0.884. The van der Waals surface area contributed by atoms with E-state index in [4.69, 9.17) is 9.47 Å². The number of hydrogen-bond acceptors (Lipinski definition) is 5. The molecule has 1 N–H and O–H groups in total.